The molecule has 40 heavy (non-hydrogen) atoms. The van der Waals surface area contributed by atoms with Gasteiger partial charge in [0.1, 0.15) is 0 Å². The van der Waals surface area contributed by atoms with Gasteiger partial charge in [-0.15, -0.1) is 11.3 Å². The average Bonchev–Trinajstić information content (AvgIpc) is 3.39. The van der Waals surface area contributed by atoms with Crippen molar-refractivity contribution in [3.63, 3.8) is 0 Å². The molecule has 0 spiro atoms. The molecule has 3 aromatic heterocycles. The first-order valence-corrected chi connectivity index (χ1v) is 14.3. The zero-order chi connectivity index (χ0) is 26.6. The number of benzene rings is 5. The minimum absolute atomic E-state index is 1.02. The van der Waals surface area contributed by atoms with E-state index in [1.807, 2.05) is 29.8 Å². The highest BCUT2D eigenvalue weighted by Crippen LogP contribution is 2.47. The summed E-state index contributed by atoms with van der Waals surface area (Å²) in [6.45, 7) is 2.12. The Morgan fingerprint density at radius 1 is 0.575 bits per heavy atom. The van der Waals surface area contributed by atoms with Gasteiger partial charge in [-0.3, -0.25) is 9.97 Å². The molecular formula is C37H24N2S. The first-order valence-electron chi connectivity index (χ1n) is 13.5. The van der Waals surface area contributed by atoms with Crippen LogP contribution in [-0.2, 0) is 0 Å². The molecule has 0 amide bonds. The first kappa shape index (κ1) is 23.1. The summed E-state index contributed by atoms with van der Waals surface area (Å²) < 4.78 is 2.62. The normalized spacial score (nSPS) is 12.0. The number of hydrogen-bond donors (Lipinski definition) is 0. The second kappa shape index (κ2) is 9.11. The van der Waals surface area contributed by atoms with Crippen molar-refractivity contribution in [3.8, 4) is 22.4 Å². The molecule has 188 valence electrons. The summed E-state index contributed by atoms with van der Waals surface area (Å²) in [6.07, 6.45) is 8.25. The van der Waals surface area contributed by atoms with E-state index in [0.717, 1.165) is 22.3 Å². The van der Waals surface area contributed by atoms with Crippen molar-refractivity contribution >= 4 is 65.3 Å². The van der Waals surface area contributed by atoms with Gasteiger partial charge in [0.25, 0.3) is 0 Å². The van der Waals surface area contributed by atoms with Gasteiger partial charge in [-0.05, 0) is 70.5 Å². The van der Waals surface area contributed by atoms with Crippen LogP contribution in [0.15, 0.2) is 116 Å². The molecule has 0 radical (unpaired) electrons. The summed E-state index contributed by atoms with van der Waals surface area (Å²) >= 11 is 1.87. The molecular weight excluding hydrogens is 504 g/mol. The Labute approximate surface area is 236 Å². The van der Waals surface area contributed by atoms with Crippen molar-refractivity contribution in [2.75, 3.05) is 0 Å². The Morgan fingerprint density at radius 2 is 1.38 bits per heavy atom. The van der Waals surface area contributed by atoms with Crippen LogP contribution in [-0.4, -0.2) is 9.97 Å². The molecule has 0 unspecified atom stereocenters. The van der Waals surface area contributed by atoms with Gasteiger partial charge < -0.3 is 0 Å². The van der Waals surface area contributed by atoms with Gasteiger partial charge in [0.15, 0.2) is 0 Å². The van der Waals surface area contributed by atoms with Crippen LogP contribution in [0.5, 0.6) is 0 Å². The van der Waals surface area contributed by atoms with Crippen LogP contribution in [0.4, 0.5) is 0 Å². The number of pyridine rings is 2. The van der Waals surface area contributed by atoms with E-state index < -0.39 is 0 Å². The second-order valence-corrected chi connectivity index (χ2v) is 11.3. The largest absolute Gasteiger partial charge is 0.256 e. The van der Waals surface area contributed by atoms with Crippen molar-refractivity contribution in [2.45, 2.75) is 6.92 Å². The van der Waals surface area contributed by atoms with Gasteiger partial charge in [0, 0.05) is 48.9 Å². The Balaban J connectivity index is 1.38. The van der Waals surface area contributed by atoms with Crippen LogP contribution < -0.4 is 0 Å². The van der Waals surface area contributed by atoms with Crippen molar-refractivity contribution in [1.82, 2.24) is 9.97 Å². The summed E-state index contributed by atoms with van der Waals surface area (Å²) in [5.41, 5.74) is 9.20. The smallest absolute Gasteiger partial charge is 0.0793 e. The van der Waals surface area contributed by atoms with Crippen molar-refractivity contribution in [1.29, 1.82) is 0 Å². The molecule has 0 aliphatic heterocycles. The third kappa shape index (κ3) is 3.55. The van der Waals surface area contributed by atoms with Crippen LogP contribution in [0.25, 0.3) is 76.4 Å². The van der Waals surface area contributed by atoms with E-state index in [9.17, 15) is 0 Å². The Bertz CT molecular complexity index is 2220. The lowest BCUT2D eigenvalue weighted by Gasteiger charge is -2.12. The minimum atomic E-state index is 1.02. The van der Waals surface area contributed by atoms with Crippen molar-refractivity contribution in [2.24, 2.45) is 0 Å². The minimum Gasteiger partial charge on any atom is -0.256 e. The second-order valence-electron chi connectivity index (χ2n) is 10.3. The number of hydrogen-bond acceptors (Lipinski definition) is 3. The number of aryl methyl sites for hydroxylation is 1. The fourth-order valence-corrected chi connectivity index (χ4v) is 7.22. The highest BCUT2D eigenvalue weighted by atomic mass is 32.1. The van der Waals surface area contributed by atoms with Crippen LogP contribution in [0.2, 0.25) is 0 Å². The molecule has 2 nitrogen and oxygen atoms in total. The zero-order valence-electron chi connectivity index (χ0n) is 21.9. The van der Waals surface area contributed by atoms with Gasteiger partial charge in [-0.1, -0.05) is 84.9 Å². The summed E-state index contributed by atoms with van der Waals surface area (Å²) in [5.74, 6) is 0. The third-order valence-corrected chi connectivity index (χ3v) is 8.98. The predicted molar refractivity (Wildman–Crippen MR) is 172 cm³/mol. The molecule has 5 aromatic carbocycles. The van der Waals surface area contributed by atoms with Crippen molar-refractivity contribution < 1.29 is 0 Å². The number of aromatic nitrogens is 2. The summed E-state index contributed by atoms with van der Waals surface area (Å²) in [7, 11) is 0. The summed E-state index contributed by atoms with van der Waals surface area (Å²) in [4.78, 5) is 9.66. The summed E-state index contributed by atoms with van der Waals surface area (Å²) in [5, 5.41) is 6.35. The number of fused-ring (bicyclic) bond motifs is 3. The van der Waals surface area contributed by atoms with Crippen molar-refractivity contribution in [3.05, 3.63) is 132 Å². The van der Waals surface area contributed by atoms with E-state index in [4.69, 9.17) is 4.98 Å². The molecule has 0 atom stereocenters. The molecule has 0 bridgehead atoms. The van der Waals surface area contributed by atoms with Gasteiger partial charge >= 0.3 is 0 Å². The predicted octanol–water partition coefficient (Wildman–Crippen LogP) is 10.4. The van der Waals surface area contributed by atoms with E-state index in [2.05, 4.69) is 121 Å². The first-order chi connectivity index (χ1) is 19.8. The lowest BCUT2D eigenvalue weighted by molar-refractivity contribution is 1.27. The molecule has 0 fully saturated rings. The van der Waals surface area contributed by atoms with Gasteiger partial charge in [-0.2, -0.15) is 0 Å². The maximum absolute atomic E-state index is 4.97. The molecule has 0 aliphatic rings. The molecule has 0 N–H and O–H groups in total. The van der Waals surface area contributed by atoms with E-state index in [1.165, 1.54) is 58.6 Å². The fraction of sp³-hybridized carbons (Fsp3) is 0.0270. The van der Waals surface area contributed by atoms with Gasteiger partial charge in [-0.25, -0.2) is 0 Å². The molecule has 3 heterocycles. The lowest BCUT2D eigenvalue weighted by Crippen LogP contribution is -1.90. The SMILES string of the molecule is Cc1cccnc1-c1ccccc1/C=C/c1ccc2sc3cc(-c4ccccc4)cc4c5cccnc5c1c2c34. The van der Waals surface area contributed by atoms with Crippen LogP contribution >= 0.6 is 11.3 Å². The molecule has 0 saturated heterocycles. The highest BCUT2D eigenvalue weighted by molar-refractivity contribution is 7.26. The monoisotopic (exact) mass is 528 g/mol. The fourth-order valence-electron chi connectivity index (χ4n) is 6.04. The molecule has 0 aliphatic carbocycles. The Hall–Kier alpha value is -4.86. The average molecular weight is 529 g/mol. The quantitative estimate of drug-likeness (QED) is 0.168. The van der Waals surface area contributed by atoms with Gasteiger partial charge in [0.2, 0.25) is 0 Å². The maximum atomic E-state index is 4.97. The highest BCUT2D eigenvalue weighted by Gasteiger charge is 2.19. The Kier molecular flexibility index (Phi) is 5.26. The van der Waals surface area contributed by atoms with E-state index in [0.29, 0.717) is 0 Å². The van der Waals surface area contributed by atoms with Crippen LogP contribution in [0.3, 0.4) is 0 Å². The van der Waals surface area contributed by atoms with E-state index >= 15 is 0 Å². The zero-order valence-corrected chi connectivity index (χ0v) is 22.7. The number of thiophene rings is 1. The third-order valence-electron chi connectivity index (χ3n) is 7.88. The topological polar surface area (TPSA) is 25.8 Å². The molecule has 0 saturated carbocycles. The Morgan fingerprint density at radius 3 is 2.27 bits per heavy atom. The lowest BCUT2D eigenvalue weighted by atomic mass is 9.91. The van der Waals surface area contributed by atoms with E-state index in [1.54, 1.807) is 0 Å². The number of rotatable bonds is 4. The molecule has 8 aromatic rings. The maximum Gasteiger partial charge on any atom is 0.0793 e. The number of nitrogens with zero attached hydrogens (tertiary/aromatic N) is 2. The van der Waals surface area contributed by atoms with Crippen LogP contribution in [0, 0.1) is 6.92 Å². The summed E-state index contributed by atoms with van der Waals surface area (Å²) in [6, 6.07) is 36.8. The van der Waals surface area contributed by atoms with E-state index in [-0.39, 0.29) is 0 Å². The molecule has 3 heteroatoms. The van der Waals surface area contributed by atoms with Gasteiger partial charge in [0.05, 0.1) is 11.2 Å². The standard InChI is InChI=1S/C37H24N2S/c1-23-9-7-19-38-36(23)28-13-6-5-12-25(28)15-16-26-17-18-31-35-33(26)37-29(14-8-20-39-37)30-21-27(22-32(40-31)34(30)35)24-10-3-2-4-11-24/h2-22H,1H3/b16-15+. The molecule has 8 rings (SSSR count). The van der Waals surface area contributed by atoms with Crippen LogP contribution in [0.1, 0.15) is 16.7 Å².